The van der Waals surface area contributed by atoms with E-state index in [1.807, 2.05) is 0 Å². The Morgan fingerprint density at radius 2 is 1.89 bits per heavy atom. The quantitative estimate of drug-likeness (QED) is 0.459. The molecule has 0 aliphatic rings. The summed E-state index contributed by atoms with van der Waals surface area (Å²) in [6, 6.07) is 10.7. The summed E-state index contributed by atoms with van der Waals surface area (Å²) in [4.78, 5) is 19.8. The zero-order chi connectivity index (χ0) is 19.6. The molecule has 2 aromatic heterocycles. The molecule has 0 spiro atoms. The molecule has 140 valence electrons. The lowest BCUT2D eigenvalue weighted by Crippen LogP contribution is -2.19. The number of hydrogen-bond acceptors (Lipinski definition) is 4. The van der Waals surface area contributed by atoms with Gasteiger partial charge in [-0.3, -0.25) is 4.79 Å². The second-order valence-electron chi connectivity index (χ2n) is 5.60. The summed E-state index contributed by atoms with van der Waals surface area (Å²) >= 11 is 7.14. The Morgan fingerprint density at radius 3 is 2.56 bits per heavy atom. The van der Waals surface area contributed by atoms with Crippen molar-refractivity contribution in [2.24, 2.45) is 0 Å². The molecular weight excluding hydrogens is 399 g/mol. The fraction of sp³-hybridized carbons (Fsp3) is 0.167. The predicted molar refractivity (Wildman–Crippen MR) is 99.1 cm³/mol. The maximum atomic E-state index is 13.1. The Balaban J connectivity index is 2.06. The molecule has 0 atom stereocenters. The topological polar surface area (TPSA) is 47.8 Å². The van der Waals surface area contributed by atoms with Crippen LogP contribution in [0.1, 0.15) is 11.3 Å². The number of nitrogens with zero attached hydrogens (tertiary/aromatic N) is 3. The standard InChI is InChI=1S/C18H13ClF3N3OS/c1-27-17-23-14(8-15(24-17)18(20,21)22)12-6-7-16(26)25(10-12)9-11-4-2-3-5-13(11)19/h2-8,10H,9H2,1H3. The van der Waals surface area contributed by atoms with Gasteiger partial charge in [-0.1, -0.05) is 41.6 Å². The Hall–Kier alpha value is -2.32. The molecule has 0 saturated carbocycles. The van der Waals surface area contributed by atoms with Crippen molar-refractivity contribution in [3.8, 4) is 11.3 Å². The van der Waals surface area contributed by atoms with E-state index in [1.54, 1.807) is 30.5 Å². The number of aromatic nitrogens is 3. The van der Waals surface area contributed by atoms with Crippen LogP contribution in [0.15, 0.2) is 58.6 Å². The monoisotopic (exact) mass is 411 g/mol. The largest absolute Gasteiger partial charge is 0.433 e. The van der Waals surface area contributed by atoms with Crippen molar-refractivity contribution in [2.75, 3.05) is 6.26 Å². The molecular formula is C18H13ClF3N3OS. The summed E-state index contributed by atoms with van der Waals surface area (Å²) < 4.78 is 40.7. The first kappa shape index (κ1) is 19.4. The number of hydrogen-bond donors (Lipinski definition) is 0. The molecule has 2 heterocycles. The third-order valence-electron chi connectivity index (χ3n) is 3.76. The van der Waals surface area contributed by atoms with Gasteiger partial charge in [-0.05, 0) is 30.0 Å². The molecule has 27 heavy (non-hydrogen) atoms. The van der Waals surface area contributed by atoms with Crippen LogP contribution >= 0.6 is 23.4 Å². The minimum Gasteiger partial charge on any atom is -0.310 e. The number of thioether (sulfide) groups is 1. The maximum absolute atomic E-state index is 13.1. The van der Waals surface area contributed by atoms with Gasteiger partial charge in [0, 0.05) is 22.8 Å². The van der Waals surface area contributed by atoms with Crippen LogP contribution in [-0.2, 0) is 12.7 Å². The van der Waals surface area contributed by atoms with E-state index in [0.29, 0.717) is 10.6 Å². The van der Waals surface area contributed by atoms with Gasteiger partial charge >= 0.3 is 6.18 Å². The molecule has 0 fully saturated rings. The lowest BCUT2D eigenvalue weighted by Gasteiger charge is -2.12. The molecule has 0 bridgehead atoms. The van der Waals surface area contributed by atoms with Crippen LogP contribution in [0.5, 0.6) is 0 Å². The minimum absolute atomic E-state index is 0.00341. The van der Waals surface area contributed by atoms with Crippen LogP contribution in [0.4, 0.5) is 13.2 Å². The third-order valence-corrected chi connectivity index (χ3v) is 4.67. The van der Waals surface area contributed by atoms with Gasteiger partial charge in [-0.25, -0.2) is 9.97 Å². The minimum atomic E-state index is -4.59. The van der Waals surface area contributed by atoms with E-state index in [4.69, 9.17) is 11.6 Å². The summed E-state index contributed by atoms with van der Waals surface area (Å²) in [5.41, 5.74) is -0.129. The number of alkyl halides is 3. The van der Waals surface area contributed by atoms with E-state index in [-0.39, 0.29) is 23.0 Å². The van der Waals surface area contributed by atoms with Gasteiger partial charge in [0.2, 0.25) is 0 Å². The molecule has 0 saturated heterocycles. The first-order valence-electron chi connectivity index (χ1n) is 7.72. The number of pyridine rings is 1. The fourth-order valence-corrected chi connectivity index (χ4v) is 3.00. The Kier molecular flexibility index (Phi) is 5.57. The van der Waals surface area contributed by atoms with E-state index < -0.39 is 11.9 Å². The third kappa shape index (κ3) is 4.51. The molecule has 3 aromatic rings. The molecule has 9 heteroatoms. The summed E-state index contributed by atoms with van der Waals surface area (Å²) in [6.45, 7) is 0.193. The number of benzene rings is 1. The molecule has 0 unspecified atom stereocenters. The lowest BCUT2D eigenvalue weighted by molar-refractivity contribution is -0.141. The van der Waals surface area contributed by atoms with Crippen LogP contribution < -0.4 is 5.56 Å². The van der Waals surface area contributed by atoms with Crippen molar-refractivity contribution in [1.82, 2.24) is 14.5 Å². The summed E-state index contributed by atoms with van der Waals surface area (Å²) in [6.07, 6.45) is -1.52. The fourth-order valence-electron chi connectivity index (χ4n) is 2.43. The second kappa shape index (κ2) is 7.74. The first-order valence-corrected chi connectivity index (χ1v) is 9.33. The van der Waals surface area contributed by atoms with E-state index in [9.17, 15) is 18.0 Å². The molecule has 0 aliphatic heterocycles. The summed E-state index contributed by atoms with van der Waals surface area (Å²) in [5.74, 6) is 0. The molecule has 0 aliphatic carbocycles. The average molecular weight is 412 g/mol. The highest BCUT2D eigenvalue weighted by atomic mass is 35.5. The molecule has 1 aromatic carbocycles. The number of halogens is 4. The second-order valence-corrected chi connectivity index (χ2v) is 6.78. The highest BCUT2D eigenvalue weighted by Gasteiger charge is 2.33. The van der Waals surface area contributed by atoms with Gasteiger partial charge in [-0.2, -0.15) is 13.2 Å². The molecule has 0 radical (unpaired) electrons. The molecule has 3 rings (SSSR count). The van der Waals surface area contributed by atoms with Crippen LogP contribution in [0.2, 0.25) is 5.02 Å². The van der Waals surface area contributed by atoms with Crippen molar-refractivity contribution < 1.29 is 13.2 Å². The van der Waals surface area contributed by atoms with Gasteiger partial charge < -0.3 is 4.57 Å². The van der Waals surface area contributed by atoms with Crippen molar-refractivity contribution in [2.45, 2.75) is 17.9 Å². The SMILES string of the molecule is CSc1nc(-c2ccc(=O)n(Cc3ccccc3Cl)c2)cc(C(F)(F)F)n1. The smallest absolute Gasteiger partial charge is 0.310 e. The van der Waals surface area contributed by atoms with E-state index in [1.165, 1.54) is 22.9 Å². The highest BCUT2D eigenvalue weighted by Crippen LogP contribution is 2.31. The Morgan fingerprint density at radius 1 is 1.15 bits per heavy atom. The van der Waals surface area contributed by atoms with Crippen molar-refractivity contribution in [3.05, 3.63) is 75.3 Å². The number of rotatable bonds is 4. The zero-order valence-electron chi connectivity index (χ0n) is 14.0. The van der Waals surface area contributed by atoms with E-state index in [0.717, 1.165) is 23.4 Å². The Labute approximate surface area is 162 Å². The predicted octanol–water partition coefficient (Wildman–Crippen LogP) is 4.75. The lowest BCUT2D eigenvalue weighted by atomic mass is 10.1. The van der Waals surface area contributed by atoms with Gasteiger partial charge in [-0.15, -0.1) is 0 Å². The van der Waals surface area contributed by atoms with Crippen LogP contribution in [-0.4, -0.2) is 20.8 Å². The maximum Gasteiger partial charge on any atom is 0.433 e. The molecule has 0 N–H and O–H groups in total. The summed E-state index contributed by atoms with van der Waals surface area (Å²) in [5, 5.41) is 0.504. The van der Waals surface area contributed by atoms with E-state index in [2.05, 4.69) is 9.97 Å². The first-order chi connectivity index (χ1) is 12.8. The van der Waals surface area contributed by atoms with Gasteiger partial charge in [0.05, 0.1) is 12.2 Å². The van der Waals surface area contributed by atoms with Crippen LogP contribution in [0, 0.1) is 0 Å². The van der Waals surface area contributed by atoms with Crippen LogP contribution in [0.25, 0.3) is 11.3 Å². The van der Waals surface area contributed by atoms with Gasteiger partial charge in [0.1, 0.15) is 5.69 Å². The van der Waals surface area contributed by atoms with Crippen molar-refractivity contribution in [1.29, 1.82) is 0 Å². The zero-order valence-corrected chi connectivity index (χ0v) is 15.6. The molecule has 0 amide bonds. The van der Waals surface area contributed by atoms with E-state index >= 15 is 0 Å². The van der Waals surface area contributed by atoms with Crippen LogP contribution in [0.3, 0.4) is 0 Å². The molecule has 4 nitrogen and oxygen atoms in total. The van der Waals surface area contributed by atoms with Crippen molar-refractivity contribution >= 4 is 23.4 Å². The van der Waals surface area contributed by atoms with Gasteiger partial charge in [0.25, 0.3) is 5.56 Å². The average Bonchev–Trinajstić information content (AvgIpc) is 2.64. The highest BCUT2D eigenvalue weighted by molar-refractivity contribution is 7.98. The Bertz CT molecular complexity index is 1040. The normalized spacial score (nSPS) is 11.6. The van der Waals surface area contributed by atoms with Gasteiger partial charge in [0.15, 0.2) is 5.16 Å². The summed E-state index contributed by atoms with van der Waals surface area (Å²) in [7, 11) is 0. The van der Waals surface area contributed by atoms with Crippen molar-refractivity contribution in [3.63, 3.8) is 0 Å².